The number of aromatic carboxylic acids is 1. The zero-order valence-corrected chi connectivity index (χ0v) is 12.3. The van der Waals surface area contributed by atoms with Crippen molar-refractivity contribution in [3.8, 4) is 0 Å². The van der Waals surface area contributed by atoms with E-state index < -0.39 is 5.97 Å². The number of nitrogens with zero attached hydrogens (tertiary/aromatic N) is 1. The lowest BCUT2D eigenvalue weighted by Gasteiger charge is -2.29. The van der Waals surface area contributed by atoms with Gasteiger partial charge in [-0.3, -0.25) is 4.90 Å². The summed E-state index contributed by atoms with van der Waals surface area (Å²) in [7, 11) is 0. The van der Waals surface area contributed by atoms with E-state index in [9.17, 15) is 9.59 Å². The number of carboxylic acid groups (broad SMARTS) is 1. The maximum atomic E-state index is 12.5. The number of hydrogen-bond donors (Lipinski definition) is 2. The van der Waals surface area contributed by atoms with Crippen LogP contribution in [0.5, 0.6) is 0 Å². The maximum absolute atomic E-state index is 12.5. The summed E-state index contributed by atoms with van der Waals surface area (Å²) in [5.74, 6) is -0.367. The number of urea groups is 1. The van der Waals surface area contributed by atoms with Crippen LogP contribution in [0.3, 0.4) is 0 Å². The third-order valence-corrected chi connectivity index (χ3v) is 4.49. The molecule has 1 aliphatic carbocycles. The van der Waals surface area contributed by atoms with Crippen LogP contribution in [0.4, 0.5) is 10.5 Å². The second-order valence-corrected chi connectivity index (χ2v) is 6.48. The third kappa shape index (κ3) is 2.60. The lowest BCUT2D eigenvalue weighted by molar-refractivity contribution is 0.0697. The molecule has 0 bridgehead atoms. The van der Waals surface area contributed by atoms with E-state index in [2.05, 4.69) is 19.2 Å². The smallest absolute Gasteiger partial charge is 0.335 e. The number of benzene rings is 1. The van der Waals surface area contributed by atoms with E-state index in [0.29, 0.717) is 18.9 Å². The summed E-state index contributed by atoms with van der Waals surface area (Å²) >= 11 is 0. The molecular formula is C16H20N2O3. The van der Waals surface area contributed by atoms with E-state index in [1.807, 2.05) is 0 Å². The zero-order chi connectivity index (χ0) is 15.2. The number of amides is 2. The summed E-state index contributed by atoms with van der Waals surface area (Å²) in [5, 5.41) is 12.1. The number of carbonyl (C=O) groups excluding carboxylic acids is 1. The average molecular weight is 288 g/mol. The molecule has 0 atom stereocenters. The number of carbonyl (C=O) groups is 2. The predicted molar refractivity (Wildman–Crippen MR) is 79.8 cm³/mol. The zero-order valence-electron chi connectivity index (χ0n) is 12.3. The lowest BCUT2D eigenvalue weighted by atomic mass is 9.99. The van der Waals surface area contributed by atoms with Gasteiger partial charge in [-0.05, 0) is 62.8 Å². The maximum Gasteiger partial charge on any atom is 0.335 e. The molecular weight excluding hydrogens is 268 g/mol. The molecule has 112 valence electrons. The molecule has 2 amide bonds. The van der Waals surface area contributed by atoms with Crippen LogP contribution in [0.2, 0.25) is 0 Å². The first kappa shape index (κ1) is 13.9. The minimum atomic E-state index is -0.935. The van der Waals surface area contributed by atoms with Crippen molar-refractivity contribution in [3.63, 3.8) is 0 Å². The quantitative estimate of drug-likeness (QED) is 0.898. The average Bonchev–Trinajstić information content (AvgIpc) is 3.18. The van der Waals surface area contributed by atoms with Crippen molar-refractivity contribution in [2.45, 2.75) is 38.6 Å². The second-order valence-electron chi connectivity index (χ2n) is 6.48. The molecule has 3 rings (SSSR count). The highest BCUT2D eigenvalue weighted by Crippen LogP contribution is 2.39. The lowest BCUT2D eigenvalue weighted by Crippen LogP contribution is -2.51. The summed E-state index contributed by atoms with van der Waals surface area (Å²) in [6, 6.07) is 4.86. The summed E-state index contributed by atoms with van der Waals surface area (Å²) in [4.78, 5) is 25.2. The summed E-state index contributed by atoms with van der Waals surface area (Å²) in [6.07, 6.45) is 3.05. The molecule has 2 N–H and O–H groups in total. The molecule has 5 heteroatoms. The molecule has 1 aromatic rings. The van der Waals surface area contributed by atoms with Crippen molar-refractivity contribution >= 4 is 17.7 Å². The highest BCUT2D eigenvalue weighted by Gasteiger charge is 2.40. The number of rotatable bonds is 3. The Labute approximate surface area is 123 Å². The van der Waals surface area contributed by atoms with Gasteiger partial charge in [-0.15, -0.1) is 0 Å². The molecule has 2 aliphatic rings. The van der Waals surface area contributed by atoms with Gasteiger partial charge in [-0.1, -0.05) is 0 Å². The van der Waals surface area contributed by atoms with E-state index >= 15 is 0 Å². The van der Waals surface area contributed by atoms with Gasteiger partial charge in [0.05, 0.1) is 5.56 Å². The van der Waals surface area contributed by atoms with E-state index in [1.165, 1.54) is 12.8 Å². The number of nitrogens with one attached hydrogen (secondary N) is 1. The Morgan fingerprint density at radius 2 is 2.05 bits per heavy atom. The van der Waals surface area contributed by atoms with Crippen molar-refractivity contribution in [2.75, 3.05) is 11.4 Å². The van der Waals surface area contributed by atoms with E-state index in [0.717, 1.165) is 11.3 Å². The normalized spacial score (nSPS) is 17.5. The van der Waals surface area contributed by atoms with E-state index in [-0.39, 0.29) is 17.1 Å². The van der Waals surface area contributed by atoms with Crippen LogP contribution in [-0.2, 0) is 6.42 Å². The van der Waals surface area contributed by atoms with Crippen molar-refractivity contribution in [3.05, 3.63) is 29.3 Å². The van der Waals surface area contributed by atoms with Crippen LogP contribution in [0.1, 0.15) is 42.6 Å². The van der Waals surface area contributed by atoms with Crippen molar-refractivity contribution < 1.29 is 14.7 Å². The third-order valence-electron chi connectivity index (χ3n) is 4.49. The van der Waals surface area contributed by atoms with Crippen LogP contribution >= 0.6 is 0 Å². The van der Waals surface area contributed by atoms with Gasteiger partial charge in [0.1, 0.15) is 0 Å². The topological polar surface area (TPSA) is 69.6 Å². The van der Waals surface area contributed by atoms with Crippen molar-refractivity contribution in [1.29, 1.82) is 0 Å². The second kappa shape index (κ2) is 4.76. The molecule has 0 spiro atoms. The van der Waals surface area contributed by atoms with Crippen LogP contribution in [-0.4, -0.2) is 29.2 Å². The van der Waals surface area contributed by atoms with Gasteiger partial charge in [0.2, 0.25) is 0 Å². The minimum Gasteiger partial charge on any atom is -0.478 e. The summed E-state index contributed by atoms with van der Waals surface area (Å²) < 4.78 is 0. The van der Waals surface area contributed by atoms with Gasteiger partial charge in [0.15, 0.2) is 0 Å². The molecule has 1 heterocycles. The Kier molecular flexibility index (Phi) is 3.15. The first-order valence-electron chi connectivity index (χ1n) is 7.34. The summed E-state index contributed by atoms with van der Waals surface area (Å²) in [5.41, 5.74) is 1.84. The van der Waals surface area contributed by atoms with Crippen LogP contribution < -0.4 is 10.2 Å². The molecule has 1 aromatic carbocycles. The van der Waals surface area contributed by atoms with Gasteiger partial charge in [0, 0.05) is 17.8 Å². The Balaban J connectivity index is 1.77. The van der Waals surface area contributed by atoms with Gasteiger partial charge in [0.25, 0.3) is 0 Å². The number of fused-ring (bicyclic) bond motifs is 1. The van der Waals surface area contributed by atoms with Gasteiger partial charge < -0.3 is 10.4 Å². The van der Waals surface area contributed by atoms with E-state index in [4.69, 9.17) is 5.11 Å². The minimum absolute atomic E-state index is 0.0891. The Hall–Kier alpha value is -2.04. The Bertz CT molecular complexity index is 606. The number of hydrogen-bond acceptors (Lipinski definition) is 2. The molecule has 1 saturated carbocycles. The fraction of sp³-hybridized carbons (Fsp3) is 0.500. The Morgan fingerprint density at radius 3 is 2.67 bits per heavy atom. The van der Waals surface area contributed by atoms with Crippen LogP contribution in [0.25, 0.3) is 0 Å². The molecule has 0 unspecified atom stereocenters. The van der Waals surface area contributed by atoms with Crippen LogP contribution in [0.15, 0.2) is 18.2 Å². The predicted octanol–water partition coefficient (Wildman–Crippen LogP) is 2.65. The fourth-order valence-corrected chi connectivity index (χ4v) is 3.00. The largest absolute Gasteiger partial charge is 0.478 e. The van der Waals surface area contributed by atoms with Crippen molar-refractivity contribution in [2.24, 2.45) is 5.92 Å². The molecule has 21 heavy (non-hydrogen) atoms. The Morgan fingerprint density at radius 1 is 1.33 bits per heavy atom. The standard InChI is InChI=1S/C16H20N2O3/c1-16(2,12-4-5-12)17-15(21)18-8-7-10-9-11(14(19)20)3-6-13(10)18/h3,6,9,12H,4-5,7-8H2,1-2H3,(H,17,21)(H,19,20). The monoisotopic (exact) mass is 288 g/mol. The molecule has 5 nitrogen and oxygen atoms in total. The van der Waals surface area contributed by atoms with Crippen LogP contribution in [0, 0.1) is 5.92 Å². The highest BCUT2D eigenvalue weighted by atomic mass is 16.4. The molecule has 0 radical (unpaired) electrons. The van der Waals surface area contributed by atoms with Gasteiger partial charge in [-0.2, -0.15) is 0 Å². The molecule has 0 saturated heterocycles. The molecule has 1 aliphatic heterocycles. The van der Waals surface area contributed by atoms with Crippen molar-refractivity contribution in [1.82, 2.24) is 5.32 Å². The first-order chi connectivity index (χ1) is 9.88. The SMILES string of the molecule is CC(C)(NC(=O)N1CCc2cc(C(=O)O)ccc21)C1CC1. The van der Waals surface area contributed by atoms with E-state index in [1.54, 1.807) is 23.1 Å². The number of carboxylic acids is 1. The summed E-state index contributed by atoms with van der Waals surface area (Å²) in [6.45, 7) is 4.73. The first-order valence-corrected chi connectivity index (χ1v) is 7.34. The van der Waals surface area contributed by atoms with Gasteiger partial charge >= 0.3 is 12.0 Å². The van der Waals surface area contributed by atoms with Gasteiger partial charge in [-0.25, -0.2) is 9.59 Å². The fourth-order valence-electron chi connectivity index (χ4n) is 3.00. The molecule has 1 fully saturated rings. The molecule has 0 aromatic heterocycles. The number of anilines is 1. The highest BCUT2D eigenvalue weighted by molar-refractivity contribution is 5.96.